The first-order chi connectivity index (χ1) is 17.5. The lowest BCUT2D eigenvalue weighted by Crippen LogP contribution is -2.37. The van der Waals surface area contributed by atoms with Gasteiger partial charge in [-0.25, -0.2) is 36.0 Å². The standard InChI is InChI=1S/C17H25N3O3.C2F6NO4S2/c1-2-16-7-11-20(12-8-16)13-14-23-17(22)19-10-6-4-3-5-9-18-15-21;3-1(4,5)14(10,11)9-15(12,13)2(6,7)8/h7-8,11-12H,2-6,9-10,13-14H2,1H3;/q;-1/p+1. The third kappa shape index (κ3) is 14.3. The second-order valence-corrected chi connectivity index (χ2v) is 10.6. The highest BCUT2D eigenvalue weighted by atomic mass is 32.3. The number of carbonyl (C=O) groups excluding carboxylic acids is 2. The number of nitrogens with zero attached hydrogens (tertiary/aromatic N) is 3. The molecule has 0 atom stereocenters. The number of alkyl halides is 6. The summed E-state index contributed by atoms with van der Waals surface area (Å²) in [7, 11) is -13.4. The van der Waals surface area contributed by atoms with Crippen LogP contribution in [0, 0.1) is 0 Å². The number of unbranched alkanes of at least 4 members (excludes halogenated alkanes) is 3. The quantitative estimate of drug-likeness (QED) is 0.120. The number of hydrogen-bond acceptors (Lipinski definition) is 8. The largest absolute Gasteiger partial charge is 0.480 e. The van der Waals surface area contributed by atoms with Crippen LogP contribution in [0.15, 0.2) is 29.5 Å². The summed E-state index contributed by atoms with van der Waals surface area (Å²) >= 11 is 0. The summed E-state index contributed by atoms with van der Waals surface area (Å²) in [6, 6.07) is 4.14. The van der Waals surface area contributed by atoms with Crippen molar-refractivity contribution in [3.63, 3.8) is 0 Å². The molecule has 0 unspecified atom stereocenters. The second-order valence-electron chi connectivity index (χ2n) is 7.16. The number of isocyanates is 1. The number of alkyl carbamates (subject to hydrolysis) is 1. The van der Waals surface area contributed by atoms with Crippen LogP contribution in [0.25, 0.3) is 4.13 Å². The van der Waals surface area contributed by atoms with E-state index in [1.807, 2.05) is 17.0 Å². The van der Waals surface area contributed by atoms with E-state index in [0.29, 0.717) is 26.2 Å². The number of rotatable bonds is 13. The molecule has 1 heterocycles. The molecular formula is C19H26F6N4O7S2. The van der Waals surface area contributed by atoms with Crippen LogP contribution in [0.1, 0.15) is 38.2 Å². The van der Waals surface area contributed by atoms with Gasteiger partial charge in [-0.3, -0.25) is 0 Å². The van der Waals surface area contributed by atoms with Crippen LogP contribution >= 0.6 is 0 Å². The number of aryl methyl sites for hydroxylation is 1. The third-order valence-corrected chi connectivity index (χ3v) is 7.00. The summed E-state index contributed by atoms with van der Waals surface area (Å²) in [6.07, 6.45) is 9.92. The van der Waals surface area contributed by atoms with Crippen molar-refractivity contribution in [2.75, 3.05) is 19.7 Å². The first kappa shape index (κ1) is 35.2. The Kier molecular flexibility index (Phi) is 15.1. The molecule has 1 N–H and O–H groups in total. The normalized spacial score (nSPS) is 12.1. The first-order valence-corrected chi connectivity index (χ1v) is 13.6. The third-order valence-electron chi connectivity index (χ3n) is 4.26. The van der Waals surface area contributed by atoms with E-state index >= 15 is 0 Å². The van der Waals surface area contributed by atoms with Crippen molar-refractivity contribution in [1.29, 1.82) is 0 Å². The molecule has 1 aromatic heterocycles. The number of hydrogen-bond donors (Lipinski definition) is 1. The summed E-state index contributed by atoms with van der Waals surface area (Å²) in [5, 5.41) is 2.73. The molecule has 0 spiro atoms. The summed E-state index contributed by atoms with van der Waals surface area (Å²) in [5.74, 6) is 0. The molecule has 1 rings (SSSR count). The molecule has 1 aromatic rings. The minimum Gasteiger partial charge on any atom is -0.443 e. The molecule has 0 aliphatic carbocycles. The molecule has 11 nitrogen and oxygen atoms in total. The molecule has 1 amide bonds. The molecule has 0 aliphatic rings. The van der Waals surface area contributed by atoms with Crippen molar-refractivity contribution >= 4 is 32.2 Å². The molecule has 38 heavy (non-hydrogen) atoms. The highest BCUT2D eigenvalue weighted by Gasteiger charge is 2.46. The lowest BCUT2D eigenvalue weighted by Gasteiger charge is -2.22. The second kappa shape index (κ2) is 16.3. The number of ether oxygens (including phenoxy) is 1. The zero-order valence-electron chi connectivity index (χ0n) is 20.0. The van der Waals surface area contributed by atoms with Gasteiger partial charge in [-0.2, -0.15) is 26.3 Å². The number of aliphatic imine (C=N–C) groups is 1. The van der Waals surface area contributed by atoms with Gasteiger partial charge in [-0.15, -0.1) is 0 Å². The topological polar surface area (TPSA) is 154 Å². The number of nitrogens with one attached hydrogen (secondary N) is 1. The smallest absolute Gasteiger partial charge is 0.443 e. The molecule has 0 aromatic carbocycles. The van der Waals surface area contributed by atoms with Gasteiger partial charge in [0.25, 0.3) is 0 Å². The number of carbonyl (C=O) groups is 1. The van der Waals surface area contributed by atoms with Gasteiger partial charge in [0.05, 0.1) is 6.54 Å². The Bertz CT molecular complexity index is 1080. The van der Waals surface area contributed by atoms with Gasteiger partial charge in [0, 0.05) is 18.7 Å². The van der Waals surface area contributed by atoms with E-state index in [9.17, 15) is 52.8 Å². The number of pyridine rings is 1. The Morgan fingerprint density at radius 2 is 1.53 bits per heavy atom. The summed E-state index contributed by atoms with van der Waals surface area (Å²) in [5.41, 5.74) is -11.1. The Morgan fingerprint density at radius 3 is 2.00 bits per heavy atom. The molecular weight excluding hydrogens is 574 g/mol. The van der Waals surface area contributed by atoms with Crippen LogP contribution in [0.4, 0.5) is 31.1 Å². The van der Waals surface area contributed by atoms with E-state index in [1.165, 1.54) is 11.6 Å². The van der Waals surface area contributed by atoms with Gasteiger partial charge in [0.15, 0.2) is 45.6 Å². The average Bonchev–Trinajstić information content (AvgIpc) is 2.79. The van der Waals surface area contributed by atoms with Crippen LogP contribution in [-0.4, -0.2) is 59.7 Å². The maximum absolute atomic E-state index is 11.5. The SMILES string of the molecule is CCc1cc[n+](CCOC(=O)NCCCCCCN=C=O)cc1.O=S(=O)([N-]S(=O)(=O)C(F)(F)F)C(F)(F)F. The number of aromatic nitrogens is 1. The lowest BCUT2D eigenvalue weighted by molar-refractivity contribution is -0.697. The van der Waals surface area contributed by atoms with Gasteiger partial charge < -0.3 is 14.2 Å². The molecule has 0 bridgehead atoms. The molecule has 0 aliphatic heterocycles. The molecule has 0 radical (unpaired) electrons. The molecule has 0 fully saturated rings. The van der Waals surface area contributed by atoms with E-state index in [4.69, 9.17) is 4.74 Å². The van der Waals surface area contributed by atoms with Crippen molar-refractivity contribution in [3.05, 3.63) is 34.2 Å². The van der Waals surface area contributed by atoms with Crippen molar-refractivity contribution in [3.8, 4) is 0 Å². The predicted molar refractivity (Wildman–Crippen MR) is 120 cm³/mol. The van der Waals surface area contributed by atoms with E-state index < -0.39 is 31.1 Å². The lowest BCUT2D eigenvalue weighted by atomic mass is 10.2. The van der Waals surface area contributed by atoms with E-state index in [0.717, 1.165) is 36.2 Å². The van der Waals surface area contributed by atoms with E-state index in [2.05, 4.69) is 29.4 Å². The van der Waals surface area contributed by atoms with Crippen molar-refractivity contribution in [1.82, 2.24) is 5.32 Å². The highest BCUT2D eigenvalue weighted by molar-refractivity contribution is 8.13. The van der Waals surface area contributed by atoms with E-state index in [-0.39, 0.29) is 6.09 Å². The van der Waals surface area contributed by atoms with Crippen LogP contribution < -0.4 is 9.88 Å². The first-order valence-electron chi connectivity index (χ1n) is 10.8. The summed E-state index contributed by atoms with van der Waals surface area (Å²) in [6.45, 7) is 4.26. The number of amides is 1. The maximum atomic E-state index is 11.5. The van der Waals surface area contributed by atoms with Crippen LogP contribution in [-0.2, 0) is 42.5 Å². The fraction of sp³-hybridized carbons (Fsp3) is 0.632. The Labute approximate surface area is 215 Å². The molecule has 0 saturated heterocycles. The zero-order valence-corrected chi connectivity index (χ0v) is 21.6. The highest BCUT2D eigenvalue weighted by Crippen LogP contribution is 2.36. The molecule has 19 heteroatoms. The Balaban J connectivity index is 0.000000793. The minimum atomic E-state index is -6.72. The van der Waals surface area contributed by atoms with Crippen molar-refractivity contribution in [2.45, 2.75) is 56.6 Å². The van der Waals surface area contributed by atoms with Crippen LogP contribution in [0.2, 0.25) is 0 Å². The predicted octanol–water partition coefficient (Wildman–Crippen LogP) is 3.22. The molecule has 218 valence electrons. The Hall–Kier alpha value is -2.76. The van der Waals surface area contributed by atoms with Gasteiger partial charge >= 0.3 is 17.1 Å². The van der Waals surface area contributed by atoms with Gasteiger partial charge in [-0.05, 0) is 24.8 Å². The van der Waals surface area contributed by atoms with Crippen LogP contribution in [0.3, 0.4) is 0 Å². The monoisotopic (exact) mass is 600 g/mol. The molecule has 0 saturated carbocycles. The minimum absolute atomic E-state index is 0.353. The van der Waals surface area contributed by atoms with Crippen molar-refractivity contribution < 1.29 is 62.1 Å². The van der Waals surface area contributed by atoms with E-state index in [1.54, 1.807) is 0 Å². The van der Waals surface area contributed by atoms with Gasteiger partial charge in [0.1, 0.15) is 0 Å². The van der Waals surface area contributed by atoms with Crippen LogP contribution in [0.5, 0.6) is 0 Å². The van der Waals surface area contributed by atoms with Gasteiger partial charge in [-0.1, -0.05) is 19.8 Å². The Morgan fingerprint density at radius 1 is 1.00 bits per heavy atom. The summed E-state index contributed by atoms with van der Waals surface area (Å²) < 4.78 is 116. The fourth-order valence-corrected chi connectivity index (χ4v) is 4.00. The number of sulfonamides is 2. The maximum Gasteiger partial charge on any atom is 0.480 e. The average molecular weight is 601 g/mol. The van der Waals surface area contributed by atoms with Gasteiger partial charge in [0.2, 0.25) is 6.08 Å². The summed E-state index contributed by atoms with van der Waals surface area (Å²) in [4.78, 5) is 24.9. The number of halogens is 6. The fourth-order valence-electron chi connectivity index (χ4n) is 2.29. The van der Waals surface area contributed by atoms with Crippen molar-refractivity contribution in [2.24, 2.45) is 4.99 Å². The zero-order chi connectivity index (χ0) is 29.5.